The average Bonchev–Trinajstić information content (AvgIpc) is 3.00. The van der Waals surface area contributed by atoms with Gasteiger partial charge in [0.25, 0.3) is 0 Å². The number of benzene rings is 4. The fourth-order valence-electron chi connectivity index (χ4n) is 5.02. The molecule has 0 saturated heterocycles. The summed E-state index contributed by atoms with van der Waals surface area (Å²) in [4.78, 5) is 0. The Morgan fingerprint density at radius 2 is 1.16 bits per heavy atom. The lowest BCUT2D eigenvalue weighted by Gasteiger charge is -2.27. The van der Waals surface area contributed by atoms with E-state index in [0.29, 0.717) is 0 Å². The van der Waals surface area contributed by atoms with Gasteiger partial charge >= 0.3 is 0 Å². The third kappa shape index (κ3) is 3.49. The third-order valence-corrected chi connectivity index (χ3v) is 8.09. The molecule has 4 aromatic carbocycles. The summed E-state index contributed by atoms with van der Waals surface area (Å²) in [5.74, 6) is 0. The molecule has 0 fully saturated rings. The molecule has 1 aliphatic rings. The van der Waals surface area contributed by atoms with Crippen LogP contribution < -0.4 is 0 Å². The topological polar surface area (TPSA) is 0 Å². The summed E-state index contributed by atoms with van der Waals surface area (Å²) in [6.07, 6.45) is 0. The van der Waals surface area contributed by atoms with E-state index in [1.54, 1.807) is 0 Å². The van der Waals surface area contributed by atoms with Crippen LogP contribution in [0.2, 0.25) is 0 Å². The molecule has 0 saturated carbocycles. The minimum atomic E-state index is -0.0850. The molecule has 1 aliphatic carbocycles. The molecule has 160 valence electrons. The molecule has 5 rings (SSSR count). The zero-order chi connectivity index (χ0) is 22.7. The van der Waals surface area contributed by atoms with Gasteiger partial charge in [0.05, 0.1) is 0 Å². The summed E-state index contributed by atoms with van der Waals surface area (Å²) >= 11 is 7.29. The van der Waals surface area contributed by atoms with Gasteiger partial charge in [0.1, 0.15) is 0 Å². The Bertz CT molecular complexity index is 1340. The van der Waals surface area contributed by atoms with E-state index in [9.17, 15) is 0 Å². The minimum Gasteiger partial charge on any atom is -0.0613 e. The number of hydrogen-bond donors (Lipinski definition) is 0. The zero-order valence-electron chi connectivity index (χ0n) is 18.8. The standard InChI is InChI=1S/C30H26Br2/c1-29(2,22-9-6-10-23(31)17-22)21-8-5-7-19(15-21)20-11-13-25-26-14-12-24(32)18-28(26)30(3,4)27(25)16-20/h5-18H,1-4H3. The summed E-state index contributed by atoms with van der Waals surface area (Å²) in [7, 11) is 0. The third-order valence-electron chi connectivity index (χ3n) is 7.10. The second-order valence-electron chi connectivity index (χ2n) is 9.79. The molecule has 0 spiro atoms. The van der Waals surface area contributed by atoms with Crippen molar-refractivity contribution >= 4 is 31.9 Å². The first kappa shape index (κ1) is 21.7. The van der Waals surface area contributed by atoms with Crippen LogP contribution in [-0.2, 0) is 10.8 Å². The van der Waals surface area contributed by atoms with Gasteiger partial charge in [-0.25, -0.2) is 0 Å². The van der Waals surface area contributed by atoms with Crippen LogP contribution in [0.3, 0.4) is 0 Å². The molecule has 0 unspecified atom stereocenters. The fraction of sp³-hybridized carbons (Fsp3) is 0.200. The van der Waals surface area contributed by atoms with Crippen LogP contribution >= 0.6 is 31.9 Å². The van der Waals surface area contributed by atoms with Crippen molar-refractivity contribution in [2.45, 2.75) is 38.5 Å². The van der Waals surface area contributed by atoms with E-state index in [1.165, 1.54) is 44.5 Å². The molecule has 0 radical (unpaired) electrons. The first-order valence-corrected chi connectivity index (χ1v) is 12.6. The van der Waals surface area contributed by atoms with Crippen molar-refractivity contribution in [2.24, 2.45) is 0 Å². The maximum absolute atomic E-state index is 3.66. The van der Waals surface area contributed by atoms with Gasteiger partial charge in [-0.05, 0) is 74.8 Å². The van der Waals surface area contributed by atoms with Gasteiger partial charge < -0.3 is 0 Å². The minimum absolute atomic E-state index is 0.0162. The molecule has 0 aromatic heterocycles. The van der Waals surface area contributed by atoms with Crippen LogP contribution in [-0.4, -0.2) is 0 Å². The summed E-state index contributed by atoms with van der Waals surface area (Å²) in [5, 5.41) is 0. The van der Waals surface area contributed by atoms with Crippen LogP contribution in [0.15, 0.2) is 93.9 Å². The van der Waals surface area contributed by atoms with E-state index in [4.69, 9.17) is 0 Å². The van der Waals surface area contributed by atoms with Crippen molar-refractivity contribution in [3.63, 3.8) is 0 Å². The first-order valence-electron chi connectivity index (χ1n) is 11.0. The van der Waals surface area contributed by atoms with E-state index in [2.05, 4.69) is 144 Å². The van der Waals surface area contributed by atoms with E-state index in [-0.39, 0.29) is 10.8 Å². The van der Waals surface area contributed by atoms with Crippen molar-refractivity contribution < 1.29 is 0 Å². The Kier molecular flexibility index (Phi) is 5.22. The monoisotopic (exact) mass is 544 g/mol. The number of fused-ring (bicyclic) bond motifs is 3. The van der Waals surface area contributed by atoms with Crippen LogP contribution in [0.1, 0.15) is 49.9 Å². The predicted molar refractivity (Wildman–Crippen MR) is 143 cm³/mol. The lowest BCUT2D eigenvalue weighted by atomic mass is 9.77. The second kappa shape index (κ2) is 7.71. The molecule has 0 nitrogen and oxygen atoms in total. The highest BCUT2D eigenvalue weighted by Crippen LogP contribution is 2.50. The van der Waals surface area contributed by atoms with Gasteiger partial charge in [0.15, 0.2) is 0 Å². The van der Waals surface area contributed by atoms with E-state index in [0.717, 1.165) is 8.95 Å². The zero-order valence-corrected chi connectivity index (χ0v) is 22.0. The Morgan fingerprint density at radius 3 is 1.88 bits per heavy atom. The molecular formula is C30H26Br2. The van der Waals surface area contributed by atoms with Crippen molar-refractivity contribution in [1.29, 1.82) is 0 Å². The molecule has 0 atom stereocenters. The average molecular weight is 546 g/mol. The van der Waals surface area contributed by atoms with Gasteiger partial charge in [0.2, 0.25) is 0 Å². The highest BCUT2D eigenvalue weighted by Gasteiger charge is 2.35. The van der Waals surface area contributed by atoms with Gasteiger partial charge in [0, 0.05) is 19.8 Å². The molecule has 0 amide bonds. The van der Waals surface area contributed by atoms with Crippen LogP contribution in [0, 0.1) is 0 Å². The quantitative estimate of drug-likeness (QED) is 0.240. The Morgan fingerprint density at radius 1 is 0.594 bits per heavy atom. The van der Waals surface area contributed by atoms with Crippen molar-refractivity contribution in [2.75, 3.05) is 0 Å². The van der Waals surface area contributed by atoms with Crippen LogP contribution in [0.25, 0.3) is 22.3 Å². The molecular weight excluding hydrogens is 520 g/mol. The summed E-state index contributed by atoms with van der Waals surface area (Å²) in [6.45, 7) is 9.27. The second-order valence-corrected chi connectivity index (χ2v) is 11.6. The lowest BCUT2D eigenvalue weighted by molar-refractivity contribution is 0.640. The highest BCUT2D eigenvalue weighted by atomic mass is 79.9. The summed E-state index contributed by atoms with van der Waals surface area (Å²) in [5.41, 5.74) is 10.6. The predicted octanol–water partition coefficient (Wildman–Crippen LogP) is 9.51. The summed E-state index contributed by atoms with van der Waals surface area (Å²) in [6, 6.07) is 31.3. The summed E-state index contributed by atoms with van der Waals surface area (Å²) < 4.78 is 2.26. The molecule has 0 aliphatic heterocycles. The molecule has 0 heterocycles. The number of hydrogen-bond acceptors (Lipinski definition) is 0. The molecule has 0 N–H and O–H groups in total. The normalized spacial score (nSPS) is 14.2. The lowest BCUT2D eigenvalue weighted by Crippen LogP contribution is -2.18. The largest absolute Gasteiger partial charge is 0.0613 e. The molecule has 0 bridgehead atoms. The Hall–Kier alpha value is -2.16. The molecule has 32 heavy (non-hydrogen) atoms. The maximum Gasteiger partial charge on any atom is 0.0178 e. The SMILES string of the molecule is CC(C)(c1cccc(Br)c1)c1cccc(-c2ccc3c(c2)C(C)(C)c2cc(Br)ccc2-3)c1. The molecule has 4 aromatic rings. The number of rotatable bonds is 3. The van der Waals surface area contributed by atoms with E-state index >= 15 is 0 Å². The van der Waals surface area contributed by atoms with Crippen molar-refractivity contribution in [3.05, 3.63) is 116 Å². The fourth-order valence-corrected chi connectivity index (χ4v) is 5.78. The van der Waals surface area contributed by atoms with Gasteiger partial charge in [-0.1, -0.05) is 114 Å². The van der Waals surface area contributed by atoms with Crippen LogP contribution in [0.5, 0.6) is 0 Å². The van der Waals surface area contributed by atoms with Crippen molar-refractivity contribution in [1.82, 2.24) is 0 Å². The first-order chi connectivity index (χ1) is 15.2. The Balaban J connectivity index is 1.58. The van der Waals surface area contributed by atoms with Gasteiger partial charge in [-0.15, -0.1) is 0 Å². The van der Waals surface area contributed by atoms with E-state index in [1.807, 2.05) is 0 Å². The van der Waals surface area contributed by atoms with Gasteiger partial charge in [-0.3, -0.25) is 0 Å². The van der Waals surface area contributed by atoms with Crippen LogP contribution in [0.4, 0.5) is 0 Å². The van der Waals surface area contributed by atoms with E-state index < -0.39 is 0 Å². The molecule has 2 heteroatoms. The number of halogens is 2. The van der Waals surface area contributed by atoms with Gasteiger partial charge in [-0.2, -0.15) is 0 Å². The van der Waals surface area contributed by atoms with Crippen molar-refractivity contribution in [3.8, 4) is 22.3 Å². The smallest absolute Gasteiger partial charge is 0.0178 e. The highest BCUT2D eigenvalue weighted by molar-refractivity contribution is 9.10. The maximum atomic E-state index is 3.66. The Labute approximate surface area is 208 Å².